The van der Waals surface area contributed by atoms with Crippen LogP contribution in [0.25, 0.3) is 11.0 Å². The van der Waals surface area contributed by atoms with Crippen LogP contribution in [0.5, 0.6) is 0 Å². The van der Waals surface area contributed by atoms with Gasteiger partial charge in [0.1, 0.15) is 5.82 Å². The Balaban J connectivity index is 1.84. The number of piperidine rings is 1. The molecule has 3 rings (SSSR count). The zero-order valence-electron chi connectivity index (χ0n) is 13.0. The maximum atomic E-state index is 9.63. The number of rotatable bonds is 3. The van der Waals surface area contributed by atoms with E-state index in [0.29, 0.717) is 34.4 Å². The van der Waals surface area contributed by atoms with Crippen molar-refractivity contribution in [3.8, 4) is 0 Å². The summed E-state index contributed by atoms with van der Waals surface area (Å²) in [6, 6.07) is 2.16. The quantitative estimate of drug-likeness (QED) is 0.782. The Kier molecular flexibility index (Phi) is 4.08. The highest BCUT2D eigenvalue weighted by Gasteiger charge is 2.18. The molecule has 2 aromatic rings. The molecule has 7 nitrogen and oxygen atoms in total. The van der Waals surface area contributed by atoms with Crippen LogP contribution in [-0.2, 0) is 0 Å². The van der Waals surface area contributed by atoms with E-state index in [2.05, 4.69) is 32.2 Å². The Morgan fingerprint density at radius 2 is 2.09 bits per heavy atom. The highest BCUT2D eigenvalue weighted by Crippen LogP contribution is 2.23. The molecule has 0 aliphatic carbocycles. The zero-order valence-corrected chi connectivity index (χ0v) is 13.0. The van der Waals surface area contributed by atoms with E-state index in [0.717, 1.165) is 25.9 Å². The number of pyridine rings is 1. The highest BCUT2D eigenvalue weighted by atomic mass is 16.3. The van der Waals surface area contributed by atoms with Crippen molar-refractivity contribution in [2.45, 2.75) is 31.9 Å². The lowest BCUT2D eigenvalue weighted by atomic mass is 10.1. The molecule has 1 aliphatic heterocycles. The van der Waals surface area contributed by atoms with E-state index in [1.54, 1.807) is 19.2 Å². The van der Waals surface area contributed by atoms with Gasteiger partial charge in [0, 0.05) is 12.2 Å². The zero-order chi connectivity index (χ0) is 15.7. The van der Waals surface area contributed by atoms with Crippen LogP contribution < -0.4 is 11.1 Å². The number of anilines is 2. The molecule has 1 atom stereocenters. The van der Waals surface area contributed by atoms with Gasteiger partial charge in [-0.2, -0.15) is 9.97 Å². The molecule has 0 bridgehead atoms. The van der Waals surface area contributed by atoms with Crippen LogP contribution in [0.3, 0.4) is 0 Å². The van der Waals surface area contributed by atoms with Gasteiger partial charge in [-0.3, -0.25) is 0 Å². The molecule has 7 heteroatoms. The second kappa shape index (κ2) is 6.02. The largest absolute Gasteiger partial charge is 0.389 e. The number of hydrogen-bond acceptors (Lipinski definition) is 7. The molecule has 0 saturated carbocycles. The number of nitrogens with one attached hydrogen (secondary N) is 1. The van der Waals surface area contributed by atoms with Crippen molar-refractivity contribution in [3.05, 3.63) is 17.8 Å². The van der Waals surface area contributed by atoms with E-state index in [-0.39, 0.29) is 0 Å². The third-order valence-corrected chi connectivity index (χ3v) is 4.14. The van der Waals surface area contributed by atoms with Crippen molar-refractivity contribution in [2.75, 3.05) is 31.2 Å². The number of aliphatic hydroxyl groups is 1. The van der Waals surface area contributed by atoms with E-state index in [4.69, 9.17) is 5.73 Å². The van der Waals surface area contributed by atoms with E-state index < -0.39 is 6.10 Å². The number of likely N-dealkylation sites (tertiary alicyclic amines) is 1. The summed E-state index contributed by atoms with van der Waals surface area (Å²) in [6.07, 6.45) is 3.16. The van der Waals surface area contributed by atoms with E-state index in [1.807, 2.05) is 0 Å². The minimum absolute atomic E-state index is 0.366. The molecule has 1 aliphatic rings. The average molecular weight is 302 g/mol. The molecular formula is C15H22N6O. The highest BCUT2D eigenvalue weighted by molar-refractivity contribution is 5.86. The molecular weight excluding hydrogens is 280 g/mol. The second-order valence-electron chi connectivity index (χ2n) is 5.97. The molecule has 22 heavy (non-hydrogen) atoms. The number of aromatic nitrogens is 3. The van der Waals surface area contributed by atoms with Crippen molar-refractivity contribution in [1.82, 2.24) is 19.9 Å². The van der Waals surface area contributed by atoms with Gasteiger partial charge < -0.3 is 21.1 Å². The lowest BCUT2D eigenvalue weighted by Gasteiger charge is -2.29. The molecule has 3 heterocycles. The fourth-order valence-electron chi connectivity index (χ4n) is 2.68. The van der Waals surface area contributed by atoms with Gasteiger partial charge in [-0.1, -0.05) is 0 Å². The number of nitrogens with two attached hydrogens (primary N) is 1. The first-order valence-electron chi connectivity index (χ1n) is 7.59. The van der Waals surface area contributed by atoms with Gasteiger partial charge in [0.05, 0.1) is 11.5 Å². The number of nitrogen functional groups attached to an aromatic ring is 1. The van der Waals surface area contributed by atoms with E-state index in [9.17, 15) is 5.11 Å². The Bertz CT molecular complexity index is 666. The van der Waals surface area contributed by atoms with Gasteiger partial charge in [-0.15, -0.1) is 0 Å². The fraction of sp³-hybridized carbons (Fsp3) is 0.533. The molecule has 1 unspecified atom stereocenters. The van der Waals surface area contributed by atoms with Gasteiger partial charge >= 0.3 is 0 Å². The molecule has 4 N–H and O–H groups in total. The minimum Gasteiger partial charge on any atom is -0.389 e. The van der Waals surface area contributed by atoms with Crippen molar-refractivity contribution in [2.24, 2.45) is 0 Å². The Morgan fingerprint density at radius 1 is 1.36 bits per heavy atom. The summed E-state index contributed by atoms with van der Waals surface area (Å²) in [4.78, 5) is 15.4. The first-order chi connectivity index (χ1) is 10.5. The molecule has 118 valence electrons. The van der Waals surface area contributed by atoms with Crippen LogP contribution in [0.4, 0.5) is 11.8 Å². The van der Waals surface area contributed by atoms with E-state index >= 15 is 0 Å². The number of hydrogen-bond donors (Lipinski definition) is 3. The van der Waals surface area contributed by atoms with Gasteiger partial charge in [0.15, 0.2) is 5.65 Å². The number of fused-ring (bicyclic) bond motifs is 1. The van der Waals surface area contributed by atoms with Crippen molar-refractivity contribution < 1.29 is 5.11 Å². The summed E-state index contributed by atoms with van der Waals surface area (Å²) in [5.74, 6) is 0.910. The normalized spacial score (nSPS) is 18.5. The van der Waals surface area contributed by atoms with Crippen molar-refractivity contribution >= 4 is 22.8 Å². The Hall–Kier alpha value is -1.99. The van der Waals surface area contributed by atoms with Crippen LogP contribution >= 0.6 is 0 Å². The molecule has 0 radical (unpaired) electrons. The topological polar surface area (TPSA) is 100 Å². The van der Waals surface area contributed by atoms with Gasteiger partial charge in [-0.05, 0) is 51.5 Å². The molecule has 1 saturated heterocycles. The standard InChI is InChI=1S/C15H22N6O/c1-9(22)10-7-12-13(16)19-15(20-14(12)17-8-10)18-11-3-5-21(2)6-4-11/h7-9,11,22H,3-6H2,1-2H3,(H3,16,17,18,19,20). The van der Waals surface area contributed by atoms with E-state index in [1.165, 1.54) is 0 Å². The van der Waals surface area contributed by atoms with Gasteiger partial charge in [0.2, 0.25) is 5.95 Å². The van der Waals surface area contributed by atoms with Gasteiger partial charge in [0.25, 0.3) is 0 Å². The Morgan fingerprint density at radius 3 is 2.77 bits per heavy atom. The van der Waals surface area contributed by atoms with Crippen LogP contribution in [0, 0.1) is 0 Å². The summed E-state index contributed by atoms with van der Waals surface area (Å²) in [5.41, 5.74) is 7.29. The summed E-state index contributed by atoms with van der Waals surface area (Å²) in [7, 11) is 2.13. The fourth-order valence-corrected chi connectivity index (χ4v) is 2.68. The van der Waals surface area contributed by atoms with Crippen LogP contribution in [0.15, 0.2) is 12.3 Å². The molecule has 0 amide bonds. The lowest BCUT2D eigenvalue weighted by Crippen LogP contribution is -2.37. The molecule has 0 spiro atoms. The van der Waals surface area contributed by atoms with Crippen LogP contribution in [0.2, 0.25) is 0 Å². The maximum Gasteiger partial charge on any atom is 0.226 e. The summed E-state index contributed by atoms with van der Waals surface area (Å²) in [5, 5.41) is 13.7. The first kappa shape index (κ1) is 14.9. The van der Waals surface area contributed by atoms with Crippen LogP contribution in [-0.4, -0.2) is 51.1 Å². The number of nitrogens with zero attached hydrogens (tertiary/aromatic N) is 4. The SMILES string of the molecule is CC(O)c1cnc2nc(NC3CCN(C)CC3)nc(N)c2c1. The summed E-state index contributed by atoms with van der Waals surface area (Å²) >= 11 is 0. The molecule has 0 aromatic carbocycles. The summed E-state index contributed by atoms with van der Waals surface area (Å²) < 4.78 is 0. The third-order valence-electron chi connectivity index (χ3n) is 4.14. The first-order valence-corrected chi connectivity index (χ1v) is 7.59. The van der Waals surface area contributed by atoms with Crippen molar-refractivity contribution in [3.63, 3.8) is 0 Å². The predicted octanol–water partition coefficient (Wildman–Crippen LogP) is 1.17. The summed E-state index contributed by atoms with van der Waals surface area (Å²) in [6.45, 7) is 3.82. The smallest absolute Gasteiger partial charge is 0.226 e. The molecule has 2 aromatic heterocycles. The lowest BCUT2D eigenvalue weighted by molar-refractivity contribution is 0.199. The molecule has 1 fully saturated rings. The third kappa shape index (κ3) is 3.10. The van der Waals surface area contributed by atoms with Gasteiger partial charge in [-0.25, -0.2) is 4.98 Å². The minimum atomic E-state index is -0.590. The second-order valence-corrected chi connectivity index (χ2v) is 5.97. The predicted molar refractivity (Wildman–Crippen MR) is 86.5 cm³/mol. The average Bonchev–Trinajstić information content (AvgIpc) is 2.49. The van der Waals surface area contributed by atoms with Crippen LogP contribution in [0.1, 0.15) is 31.4 Å². The maximum absolute atomic E-state index is 9.63. The Labute approximate surface area is 129 Å². The monoisotopic (exact) mass is 302 g/mol. The number of aliphatic hydroxyl groups excluding tert-OH is 1. The van der Waals surface area contributed by atoms with Crippen molar-refractivity contribution in [1.29, 1.82) is 0 Å².